The third kappa shape index (κ3) is 2.41. The number of hydrogen-bond acceptors (Lipinski definition) is 1. The molecule has 1 nitrogen and oxygen atoms in total. The highest BCUT2D eigenvalue weighted by Gasteiger charge is 2.21. The second-order valence-electron chi connectivity index (χ2n) is 4.64. The van der Waals surface area contributed by atoms with Gasteiger partial charge < -0.3 is 5.11 Å². The van der Waals surface area contributed by atoms with Crippen LogP contribution in [0, 0.1) is 37.1 Å². The standard InChI is InChI=1S/C15H12F4O/c1-7-5-9(6-8(2)12(7)17)15(20)10-3-4-11(16)14(19)13(10)18/h3-6,15,20H,1-2H3. The summed E-state index contributed by atoms with van der Waals surface area (Å²) in [5.41, 5.74) is 0.379. The van der Waals surface area contributed by atoms with E-state index in [1.54, 1.807) is 0 Å². The van der Waals surface area contributed by atoms with E-state index < -0.39 is 34.9 Å². The smallest absolute Gasteiger partial charge is 0.194 e. The maximum atomic E-state index is 13.6. The summed E-state index contributed by atoms with van der Waals surface area (Å²) in [7, 11) is 0. The molecule has 2 aromatic rings. The molecule has 1 unspecified atom stereocenters. The van der Waals surface area contributed by atoms with Crippen LogP contribution in [0.5, 0.6) is 0 Å². The molecule has 0 bridgehead atoms. The zero-order valence-electron chi connectivity index (χ0n) is 10.8. The van der Waals surface area contributed by atoms with Gasteiger partial charge in [-0.3, -0.25) is 0 Å². The van der Waals surface area contributed by atoms with E-state index in [2.05, 4.69) is 0 Å². The molecule has 1 atom stereocenters. The van der Waals surface area contributed by atoms with Crippen LogP contribution in [0.25, 0.3) is 0 Å². The van der Waals surface area contributed by atoms with Crippen LogP contribution in [-0.4, -0.2) is 5.11 Å². The number of aliphatic hydroxyl groups is 1. The van der Waals surface area contributed by atoms with Crippen molar-refractivity contribution in [3.05, 3.63) is 69.8 Å². The van der Waals surface area contributed by atoms with Gasteiger partial charge in [-0.15, -0.1) is 0 Å². The fourth-order valence-electron chi connectivity index (χ4n) is 2.07. The molecule has 0 spiro atoms. The van der Waals surface area contributed by atoms with Gasteiger partial charge in [-0.25, -0.2) is 17.6 Å². The summed E-state index contributed by atoms with van der Waals surface area (Å²) in [4.78, 5) is 0. The first-order chi connectivity index (χ1) is 9.32. The molecule has 0 aliphatic rings. The van der Waals surface area contributed by atoms with Gasteiger partial charge in [-0.1, -0.05) is 18.2 Å². The van der Waals surface area contributed by atoms with Crippen LogP contribution in [0.3, 0.4) is 0 Å². The van der Waals surface area contributed by atoms with Crippen LogP contribution in [0.4, 0.5) is 17.6 Å². The fraction of sp³-hybridized carbons (Fsp3) is 0.200. The highest BCUT2D eigenvalue weighted by atomic mass is 19.2. The van der Waals surface area contributed by atoms with Crippen LogP contribution in [-0.2, 0) is 0 Å². The van der Waals surface area contributed by atoms with Crippen molar-refractivity contribution in [3.8, 4) is 0 Å². The Kier molecular flexibility index (Phi) is 3.81. The van der Waals surface area contributed by atoms with Crippen molar-refractivity contribution in [1.82, 2.24) is 0 Å². The van der Waals surface area contributed by atoms with E-state index in [1.165, 1.54) is 26.0 Å². The largest absolute Gasteiger partial charge is 0.384 e. The predicted octanol–water partition coefficient (Wildman–Crippen LogP) is 3.94. The molecular weight excluding hydrogens is 272 g/mol. The minimum absolute atomic E-state index is 0.214. The van der Waals surface area contributed by atoms with Gasteiger partial charge in [0.15, 0.2) is 17.5 Å². The number of rotatable bonds is 2. The molecule has 0 fully saturated rings. The van der Waals surface area contributed by atoms with E-state index in [9.17, 15) is 22.7 Å². The third-order valence-electron chi connectivity index (χ3n) is 3.13. The van der Waals surface area contributed by atoms with E-state index in [1.807, 2.05) is 0 Å². The predicted molar refractivity (Wildman–Crippen MR) is 66.3 cm³/mol. The van der Waals surface area contributed by atoms with Crippen LogP contribution >= 0.6 is 0 Å². The normalized spacial score (nSPS) is 12.6. The third-order valence-corrected chi connectivity index (χ3v) is 3.13. The molecule has 1 N–H and O–H groups in total. The van der Waals surface area contributed by atoms with E-state index in [4.69, 9.17) is 0 Å². The topological polar surface area (TPSA) is 20.2 Å². The first-order valence-corrected chi connectivity index (χ1v) is 5.91. The van der Waals surface area contributed by atoms with E-state index in [0.29, 0.717) is 0 Å². The minimum Gasteiger partial charge on any atom is -0.384 e. The molecule has 0 saturated heterocycles. The lowest BCUT2D eigenvalue weighted by Crippen LogP contribution is -2.07. The lowest BCUT2D eigenvalue weighted by molar-refractivity contribution is 0.212. The number of hydrogen-bond donors (Lipinski definition) is 1. The Morgan fingerprint density at radius 1 is 0.850 bits per heavy atom. The molecule has 0 aliphatic carbocycles. The van der Waals surface area contributed by atoms with Gasteiger partial charge in [0.25, 0.3) is 0 Å². The molecule has 0 aliphatic heterocycles. The average Bonchev–Trinajstić information content (AvgIpc) is 2.41. The summed E-state index contributed by atoms with van der Waals surface area (Å²) in [6.45, 7) is 3.00. The summed E-state index contributed by atoms with van der Waals surface area (Å²) in [6, 6.07) is 4.38. The molecule has 0 aromatic heterocycles. The van der Waals surface area contributed by atoms with Gasteiger partial charge in [-0.05, 0) is 36.6 Å². The van der Waals surface area contributed by atoms with Gasteiger partial charge >= 0.3 is 0 Å². The molecule has 0 heterocycles. The molecule has 20 heavy (non-hydrogen) atoms. The van der Waals surface area contributed by atoms with Gasteiger partial charge in [0.05, 0.1) is 0 Å². The van der Waals surface area contributed by atoms with Crippen molar-refractivity contribution in [3.63, 3.8) is 0 Å². The Bertz CT molecular complexity index is 644. The van der Waals surface area contributed by atoms with Crippen LogP contribution in [0.1, 0.15) is 28.4 Å². The Balaban J connectivity index is 2.52. The van der Waals surface area contributed by atoms with E-state index in [-0.39, 0.29) is 16.7 Å². The molecule has 0 saturated carbocycles. The summed E-state index contributed by atoms with van der Waals surface area (Å²) < 4.78 is 53.2. The Labute approximate surface area is 113 Å². The van der Waals surface area contributed by atoms with Crippen molar-refractivity contribution in [1.29, 1.82) is 0 Å². The highest BCUT2D eigenvalue weighted by molar-refractivity contribution is 5.37. The molecule has 0 amide bonds. The van der Waals surface area contributed by atoms with Crippen molar-refractivity contribution in [2.75, 3.05) is 0 Å². The van der Waals surface area contributed by atoms with Gasteiger partial charge in [0.1, 0.15) is 11.9 Å². The quantitative estimate of drug-likeness (QED) is 0.654. The minimum atomic E-state index is -1.64. The first kappa shape index (κ1) is 14.5. The summed E-state index contributed by atoms with van der Waals surface area (Å²) in [6.07, 6.45) is -1.50. The maximum absolute atomic E-state index is 13.6. The summed E-state index contributed by atoms with van der Waals surface area (Å²) in [5.74, 6) is -4.84. The lowest BCUT2D eigenvalue weighted by atomic mass is 9.97. The molecule has 5 heteroatoms. The van der Waals surface area contributed by atoms with Crippen LogP contribution in [0.2, 0.25) is 0 Å². The summed E-state index contributed by atoms with van der Waals surface area (Å²) >= 11 is 0. The Hall–Kier alpha value is -1.88. The van der Waals surface area contributed by atoms with E-state index in [0.717, 1.165) is 12.1 Å². The monoisotopic (exact) mass is 284 g/mol. The zero-order valence-corrected chi connectivity index (χ0v) is 10.8. The van der Waals surface area contributed by atoms with Gasteiger partial charge in [0.2, 0.25) is 0 Å². The second-order valence-corrected chi connectivity index (χ2v) is 4.64. The van der Waals surface area contributed by atoms with Gasteiger partial charge in [-0.2, -0.15) is 0 Å². The number of benzene rings is 2. The Morgan fingerprint density at radius 3 is 1.95 bits per heavy atom. The molecule has 0 radical (unpaired) electrons. The fourth-order valence-corrected chi connectivity index (χ4v) is 2.07. The first-order valence-electron chi connectivity index (χ1n) is 5.91. The van der Waals surface area contributed by atoms with Gasteiger partial charge in [0, 0.05) is 5.56 Å². The Morgan fingerprint density at radius 2 is 1.40 bits per heavy atom. The van der Waals surface area contributed by atoms with Crippen LogP contribution < -0.4 is 0 Å². The second kappa shape index (κ2) is 5.25. The van der Waals surface area contributed by atoms with Crippen molar-refractivity contribution >= 4 is 0 Å². The van der Waals surface area contributed by atoms with Crippen molar-refractivity contribution in [2.24, 2.45) is 0 Å². The molecule has 106 valence electrons. The lowest BCUT2D eigenvalue weighted by Gasteiger charge is -2.15. The average molecular weight is 284 g/mol. The summed E-state index contributed by atoms with van der Waals surface area (Å²) in [5, 5.41) is 10.1. The zero-order chi connectivity index (χ0) is 15.0. The SMILES string of the molecule is Cc1cc(C(O)c2ccc(F)c(F)c2F)cc(C)c1F. The van der Waals surface area contributed by atoms with E-state index >= 15 is 0 Å². The number of aryl methyl sites for hydroxylation is 2. The number of halogens is 4. The molecular formula is C15H12F4O. The number of aliphatic hydroxyl groups excluding tert-OH is 1. The maximum Gasteiger partial charge on any atom is 0.194 e. The van der Waals surface area contributed by atoms with Crippen molar-refractivity contribution in [2.45, 2.75) is 20.0 Å². The molecule has 2 aromatic carbocycles. The molecule has 2 rings (SSSR count). The van der Waals surface area contributed by atoms with Crippen LogP contribution in [0.15, 0.2) is 24.3 Å². The highest BCUT2D eigenvalue weighted by Crippen LogP contribution is 2.28. The van der Waals surface area contributed by atoms with Crippen molar-refractivity contribution < 1.29 is 22.7 Å².